The second-order valence-corrected chi connectivity index (χ2v) is 6.53. The molecule has 7 heteroatoms. The first-order chi connectivity index (χ1) is 11.6. The fraction of sp³-hybridized carbons (Fsp3) is 0. The maximum Gasteiger partial charge on any atom is 0.286 e. The number of aromatic hydroxyl groups is 2. The first-order valence-electron chi connectivity index (χ1n) is 6.94. The van der Waals surface area contributed by atoms with Gasteiger partial charge >= 0.3 is 0 Å². The Morgan fingerprint density at radius 1 is 1.00 bits per heavy atom. The first kappa shape index (κ1) is 16.2. The largest absolute Gasteiger partial charge is 0.507 e. The van der Waals surface area contributed by atoms with Crippen LogP contribution in [0.5, 0.6) is 11.5 Å². The minimum absolute atomic E-state index is 0.0661. The van der Waals surface area contributed by atoms with Crippen molar-refractivity contribution in [3.8, 4) is 11.5 Å². The molecule has 0 spiro atoms. The number of nitrogens with zero attached hydrogens (tertiary/aromatic N) is 2. The molecule has 3 rings (SSSR count). The fourth-order valence-corrected chi connectivity index (χ4v) is 3.19. The van der Waals surface area contributed by atoms with Crippen LogP contribution < -0.4 is 0 Å². The van der Waals surface area contributed by atoms with E-state index in [1.807, 2.05) is 0 Å². The summed E-state index contributed by atoms with van der Waals surface area (Å²) >= 11 is 6.29. The SMILES string of the molecule is O=C1C(=Cc2ccccc2O)SC(=S)N1/N=C/c1ccccc1O. The second kappa shape index (κ2) is 6.86. The molecule has 0 atom stereocenters. The van der Waals surface area contributed by atoms with Crippen molar-refractivity contribution in [1.82, 2.24) is 5.01 Å². The molecule has 0 aliphatic carbocycles. The molecule has 0 aromatic heterocycles. The Balaban J connectivity index is 1.85. The molecule has 5 nitrogen and oxygen atoms in total. The van der Waals surface area contributed by atoms with Gasteiger partial charge in [-0.2, -0.15) is 10.1 Å². The summed E-state index contributed by atoms with van der Waals surface area (Å²) in [6.07, 6.45) is 2.95. The van der Waals surface area contributed by atoms with Crippen LogP contribution in [0.2, 0.25) is 0 Å². The summed E-state index contributed by atoms with van der Waals surface area (Å²) in [5.74, 6) is -0.225. The van der Waals surface area contributed by atoms with Gasteiger partial charge in [-0.25, -0.2) is 0 Å². The van der Waals surface area contributed by atoms with Gasteiger partial charge < -0.3 is 10.2 Å². The normalized spacial score (nSPS) is 16.5. The molecule has 1 amide bonds. The molecule has 1 heterocycles. The maximum atomic E-state index is 12.4. The number of carbonyl (C=O) groups excluding carboxylic acids is 1. The molecule has 1 aliphatic heterocycles. The average molecular weight is 356 g/mol. The number of rotatable bonds is 3. The third-order valence-corrected chi connectivity index (χ3v) is 4.53. The third-order valence-electron chi connectivity index (χ3n) is 3.25. The number of thioether (sulfide) groups is 1. The van der Waals surface area contributed by atoms with Crippen LogP contribution in [0.3, 0.4) is 0 Å². The number of hydrogen-bond donors (Lipinski definition) is 2. The van der Waals surface area contributed by atoms with E-state index in [1.165, 1.54) is 12.3 Å². The van der Waals surface area contributed by atoms with Gasteiger partial charge in [-0.1, -0.05) is 42.1 Å². The molecule has 2 aromatic carbocycles. The first-order valence-corrected chi connectivity index (χ1v) is 8.16. The number of benzene rings is 2. The van der Waals surface area contributed by atoms with E-state index in [-0.39, 0.29) is 21.7 Å². The van der Waals surface area contributed by atoms with Gasteiger partial charge in [-0.05, 0) is 36.5 Å². The number of phenolic OH excluding ortho intramolecular Hbond substituents is 2. The summed E-state index contributed by atoms with van der Waals surface area (Å²) in [6.45, 7) is 0. The zero-order valence-electron chi connectivity index (χ0n) is 12.3. The number of carbonyl (C=O) groups is 1. The van der Waals surface area contributed by atoms with Crippen molar-refractivity contribution in [3.63, 3.8) is 0 Å². The topological polar surface area (TPSA) is 73.1 Å². The van der Waals surface area contributed by atoms with E-state index < -0.39 is 0 Å². The van der Waals surface area contributed by atoms with Crippen LogP contribution in [-0.4, -0.2) is 31.7 Å². The number of phenols is 2. The molecule has 1 saturated heterocycles. The second-order valence-electron chi connectivity index (χ2n) is 4.86. The standard InChI is InChI=1S/C17H12N2O3S2/c20-13-7-3-1-5-11(13)9-15-16(22)19(17(23)24-15)18-10-12-6-2-4-8-14(12)21/h1-10,20-21H/b15-9?,18-10+. The lowest BCUT2D eigenvalue weighted by molar-refractivity contribution is -0.122. The highest BCUT2D eigenvalue weighted by Crippen LogP contribution is 2.34. The Morgan fingerprint density at radius 3 is 2.21 bits per heavy atom. The van der Waals surface area contributed by atoms with Crippen molar-refractivity contribution in [3.05, 3.63) is 64.6 Å². The highest BCUT2D eigenvalue weighted by Gasteiger charge is 2.32. The molecule has 24 heavy (non-hydrogen) atoms. The molecule has 0 bridgehead atoms. The van der Waals surface area contributed by atoms with E-state index in [2.05, 4.69) is 5.10 Å². The molecular formula is C17H12N2O3S2. The zero-order valence-corrected chi connectivity index (χ0v) is 13.9. The number of hydrogen-bond acceptors (Lipinski definition) is 6. The van der Waals surface area contributed by atoms with Gasteiger partial charge in [0.2, 0.25) is 0 Å². The summed E-state index contributed by atoms with van der Waals surface area (Å²) in [5.41, 5.74) is 1.01. The van der Waals surface area contributed by atoms with Crippen LogP contribution in [-0.2, 0) is 4.79 Å². The van der Waals surface area contributed by atoms with Crippen LogP contribution >= 0.6 is 24.0 Å². The highest BCUT2D eigenvalue weighted by molar-refractivity contribution is 8.26. The molecule has 1 aliphatic rings. The molecule has 0 unspecified atom stereocenters. The van der Waals surface area contributed by atoms with Crippen molar-refractivity contribution < 1.29 is 15.0 Å². The molecule has 1 fully saturated rings. The Kier molecular flexibility index (Phi) is 4.64. The Hall–Kier alpha value is -2.64. The predicted molar refractivity (Wildman–Crippen MR) is 98.8 cm³/mol. The average Bonchev–Trinajstić information content (AvgIpc) is 2.83. The van der Waals surface area contributed by atoms with E-state index in [0.717, 1.165) is 16.8 Å². The fourth-order valence-electron chi connectivity index (χ4n) is 2.03. The van der Waals surface area contributed by atoms with Gasteiger partial charge in [0.15, 0.2) is 4.32 Å². The minimum Gasteiger partial charge on any atom is -0.507 e. The number of thiocarbonyl (C=S) groups is 1. The number of hydrazone groups is 1. The summed E-state index contributed by atoms with van der Waals surface area (Å²) < 4.78 is 0.286. The van der Waals surface area contributed by atoms with Gasteiger partial charge in [0, 0.05) is 11.1 Å². The molecule has 0 radical (unpaired) electrons. The molecule has 120 valence electrons. The van der Waals surface area contributed by atoms with Crippen molar-refractivity contribution in [2.24, 2.45) is 5.10 Å². The summed E-state index contributed by atoms with van der Waals surface area (Å²) in [6, 6.07) is 13.4. The Labute approximate surface area is 147 Å². The van der Waals surface area contributed by atoms with Crippen LogP contribution in [0.25, 0.3) is 6.08 Å². The molecule has 2 aromatic rings. The minimum atomic E-state index is -0.375. The molecular weight excluding hydrogens is 344 g/mol. The monoisotopic (exact) mass is 356 g/mol. The van der Waals surface area contributed by atoms with Crippen LogP contribution in [0, 0.1) is 0 Å². The highest BCUT2D eigenvalue weighted by atomic mass is 32.2. The third kappa shape index (κ3) is 3.32. The smallest absolute Gasteiger partial charge is 0.286 e. The van der Waals surface area contributed by atoms with Gasteiger partial charge in [0.25, 0.3) is 5.91 Å². The summed E-state index contributed by atoms with van der Waals surface area (Å²) in [7, 11) is 0. The Bertz CT molecular complexity index is 878. The van der Waals surface area contributed by atoms with E-state index in [9.17, 15) is 15.0 Å². The van der Waals surface area contributed by atoms with E-state index in [4.69, 9.17) is 12.2 Å². The maximum absolute atomic E-state index is 12.4. The van der Waals surface area contributed by atoms with Crippen molar-refractivity contribution in [1.29, 1.82) is 0 Å². The number of amides is 1. The van der Waals surface area contributed by atoms with Gasteiger partial charge in [0.1, 0.15) is 11.5 Å². The van der Waals surface area contributed by atoms with Crippen molar-refractivity contribution in [2.45, 2.75) is 0 Å². The summed E-state index contributed by atoms with van der Waals surface area (Å²) in [4.78, 5) is 12.8. The van der Waals surface area contributed by atoms with Crippen LogP contribution in [0.4, 0.5) is 0 Å². The molecule has 2 N–H and O–H groups in total. The van der Waals surface area contributed by atoms with E-state index in [1.54, 1.807) is 48.5 Å². The quantitative estimate of drug-likeness (QED) is 0.501. The number of para-hydroxylation sites is 2. The predicted octanol–water partition coefficient (Wildman–Crippen LogP) is 3.33. The van der Waals surface area contributed by atoms with Crippen molar-refractivity contribution >= 4 is 46.5 Å². The van der Waals surface area contributed by atoms with Crippen LogP contribution in [0.15, 0.2) is 58.5 Å². The summed E-state index contributed by atoms with van der Waals surface area (Å²) in [5, 5.41) is 24.7. The Morgan fingerprint density at radius 2 is 1.58 bits per heavy atom. The van der Waals surface area contributed by atoms with Gasteiger partial charge in [-0.3, -0.25) is 4.79 Å². The van der Waals surface area contributed by atoms with Gasteiger partial charge in [0.05, 0.1) is 11.1 Å². The zero-order chi connectivity index (χ0) is 17.1. The van der Waals surface area contributed by atoms with E-state index in [0.29, 0.717) is 16.0 Å². The lowest BCUT2D eigenvalue weighted by Gasteiger charge is -2.06. The van der Waals surface area contributed by atoms with Gasteiger partial charge in [-0.15, -0.1) is 0 Å². The molecule has 0 saturated carbocycles. The van der Waals surface area contributed by atoms with E-state index >= 15 is 0 Å². The lowest BCUT2D eigenvalue weighted by atomic mass is 10.2. The lowest BCUT2D eigenvalue weighted by Crippen LogP contribution is -2.22. The van der Waals surface area contributed by atoms with Crippen LogP contribution in [0.1, 0.15) is 11.1 Å². The van der Waals surface area contributed by atoms with Crippen molar-refractivity contribution in [2.75, 3.05) is 0 Å².